The van der Waals surface area contributed by atoms with E-state index in [-0.39, 0.29) is 17.9 Å². The molecule has 1 aromatic carbocycles. The van der Waals surface area contributed by atoms with Crippen LogP contribution in [0.5, 0.6) is 0 Å². The van der Waals surface area contributed by atoms with Gasteiger partial charge in [-0.25, -0.2) is 4.79 Å². The molecule has 3 heterocycles. The van der Waals surface area contributed by atoms with E-state index in [0.717, 1.165) is 0 Å². The first kappa shape index (κ1) is 21.9. The van der Waals surface area contributed by atoms with Crippen LogP contribution in [0.4, 0.5) is 0 Å². The number of nitrogens with zero attached hydrogens (tertiary/aromatic N) is 1. The molecule has 9 heteroatoms. The average Bonchev–Trinajstić information content (AvgIpc) is 3.41. The second-order valence-corrected chi connectivity index (χ2v) is 8.51. The van der Waals surface area contributed by atoms with Crippen molar-refractivity contribution in [2.24, 2.45) is 0 Å². The van der Waals surface area contributed by atoms with E-state index in [1.807, 2.05) is 30.3 Å². The summed E-state index contributed by atoms with van der Waals surface area (Å²) in [6.45, 7) is 7.16. The summed E-state index contributed by atoms with van der Waals surface area (Å²) in [6.07, 6.45) is -3.56. The summed E-state index contributed by atoms with van der Waals surface area (Å²) in [5.74, 6) is -2.37. The molecule has 4 rings (SSSR count). The van der Waals surface area contributed by atoms with Gasteiger partial charge in [0.1, 0.15) is 29.6 Å². The van der Waals surface area contributed by atoms with Crippen molar-refractivity contribution < 1.29 is 38.1 Å². The lowest BCUT2D eigenvalue weighted by Crippen LogP contribution is -2.42. The molecular weight excluding hydrogens is 406 g/mol. The van der Waals surface area contributed by atoms with Crippen LogP contribution in [0, 0.1) is 0 Å². The summed E-state index contributed by atoms with van der Waals surface area (Å²) < 4.78 is 34.0. The molecule has 2 fully saturated rings. The molecule has 4 atom stereocenters. The van der Waals surface area contributed by atoms with Gasteiger partial charge in [-0.05, 0) is 27.7 Å². The molecule has 0 spiro atoms. The Morgan fingerprint density at radius 2 is 1.84 bits per heavy atom. The summed E-state index contributed by atoms with van der Waals surface area (Å²) in [4.78, 5) is 12.7. The maximum atomic E-state index is 12.7. The third-order valence-corrected chi connectivity index (χ3v) is 5.29. The highest BCUT2D eigenvalue weighted by Crippen LogP contribution is 2.44. The van der Waals surface area contributed by atoms with E-state index in [1.165, 1.54) is 7.11 Å². The fourth-order valence-corrected chi connectivity index (χ4v) is 3.93. The van der Waals surface area contributed by atoms with Gasteiger partial charge < -0.3 is 33.3 Å². The zero-order valence-corrected chi connectivity index (χ0v) is 18.2. The summed E-state index contributed by atoms with van der Waals surface area (Å²) in [5.41, 5.74) is 1.13. The number of aliphatic hydroxyl groups is 1. The topological polar surface area (TPSA) is 109 Å². The fourth-order valence-electron chi connectivity index (χ4n) is 3.93. The minimum atomic E-state index is -1.11. The third kappa shape index (κ3) is 4.24. The number of hydrogen-bond acceptors (Lipinski definition) is 9. The maximum Gasteiger partial charge on any atom is 0.343 e. The SMILES string of the molecule is COC(=O)c1c(-c2ccccc2)noc1[C@@H]1OC(C)(C)O[C@@H]1[C@@H](O)[C@H]1COC(C)(C)O1. The Labute approximate surface area is 180 Å². The van der Waals surface area contributed by atoms with Gasteiger partial charge in [0.2, 0.25) is 0 Å². The Hall–Kier alpha value is -2.30. The quantitative estimate of drug-likeness (QED) is 0.712. The van der Waals surface area contributed by atoms with Gasteiger partial charge in [0, 0.05) is 5.56 Å². The number of rotatable bonds is 5. The van der Waals surface area contributed by atoms with Gasteiger partial charge in [0.15, 0.2) is 23.4 Å². The van der Waals surface area contributed by atoms with Crippen LogP contribution in [-0.4, -0.2) is 59.8 Å². The minimum absolute atomic E-state index is 0.124. The smallest absolute Gasteiger partial charge is 0.343 e. The summed E-state index contributed by atoms with van der Waals surface area (Å²) in [6, 6.07) is 9.13. The second-order valence-electron chi connectivity index (χ2n) is 8.51. The highest BCUT2D eigenvalue weighted by Gasteiger charge is 2.53. The van der Waals surface area contributed by atoms with Crippen LogP contribution in [0.1, 0.15) is 49.9 Å². The molecule has 0 amide bonds. The Balaban J connectivity index is 1.73. The molecule has 9 nitrogen and oxygen atoms in total. The van der Waals surface area contributed by atoms with Crippen molar-refractivity contribution in [1.29, 1.82) is 0 Å². The summed E-state index contributed by atoms with van der Waals surface area (Å²) in [7, 11) is 1.28. The van der Waals surface area contributed by atoms with Crippen LogP contribution < -0.4 is 0 Å². The maximum absolute atomic E-state index is 12.7. The normalized spacial score (nSPS) is 27.9. The van der Waals surface area contributed by atoms with Crippen LogP contribution in [0.3, 0.4) is 0 Å². The van der Waals surface area contributed by atoms with Gasteiger partial charge in [-0.15, -0.1) is 0 Å². The number of carbonyl (C=O) groups is 1. The van der Waals surface area contributed by atoms with E-state index in [1.54, 1.807) is 27.7 Å². The number of carbonyl (C=O) groups excluding carboxylic acids is 1. The zero-order valence-electron chi connectivity index (χ0n) is 18.2. The monoisotopic (exact) mass is 433 g/mol. The number of hydrogen-bond donors (Lipinski definition) is 1. The number of aliphatic hydroxyl groups excluding tert-OH is 1. The molecule has 0 unspecified atom stereocenters. The predicted molar refractivity (Wildman–Crippen MR) is 107 cm³/mol. The Kier molecular flexibility index (Phi) is 5.65. The number of methoxy groups -OCH3 is 1. The number of ether oxygens (including phenoxy) is 5. The minimum Gasteiger partial charge on any atom is -0.465 e. The van der Waals surface area contributed by atoms with Crippen LogP contribution >= 0.6 is 0 Å². The van der Waals surface area contributed by atoms with E-state index in [9.17, 15) is 9.90 Å². The molecule has 1 aromatic heterocycles. The molecule has 0 radical (unpaired) electrons. The van der Waals surface area contributed by atoms with Crippen molar-refractivity contribution >= 4 is 5.97 Å². The molecule has 168 valence electrons. The van der Waals surface area contributed by atoms with Crippen LogP contribution in [0.25, 0.3) is 11.3 Å². The molecule has 2 aliphatic rings. The Morgan fingerprint density at radius 3 is 2.45 bits per heavy atom. The van der Waals surface area contributed by atoms with Gasteiger partial charge in [0.25, 0.3) is 0 Å². The average molecular weight is 433 g/mol. The standard InChI is InChI=1S/C22H27NO8/c1-21(2)27-11-13(28-21)16(24)18-19(30-22(3,4)29-18)17-14(20(25)26-5)15(23-31-17)12-9-7-6-8-10-12/h6-10,13,16,18-19,24H,11H2,1-5H3/t13-,16+,18-,19+/m1/s1. The zero-order chi connectivity index (χ0) is 22.4. The Bertz CT molecular complexity index is 938. The first-order valence-corrected chi connectivity index (χ1v) is 10.1. The van der Waals surface area contributed by atoms with Gasteiger partial charge in [-0.1, -0.05) is 35.5 Å². The fraction of sp³-hybridized carbons (Fsp3) is 0.545. The lowest BCUT2D eigenvalue weighted by Gasteiger charge is -2.26. The van der Waals surface area contributed by atoms with E-state index >= 15 is 0 Å². The van der Waals surface area contributed by atoms with Crippen molar-refractivity contribution in [3.63, 3.8) is 0 Å². The van der Waals surface area contributed by atoms with E-state index < -0.39 is 42.0 Å². The van der Waals surface area contributed by atoms with Gasteiger partial charge in [0.05, 0.1) is 13.7 Å². The van der Waals surface area contributed by atoms with Crippen LogP contribution in [-0.2, 0) is 23.7 Å². The number of aromatic nitrogens is 1. The predicted octanol–water partition coefficient (Wildman–Crippen LogP) is 2.83. The molecule has 0 saturated carbocycles. The highest BCUT2D eigenvalue weighted by molar-refractivity contribution is 5.97. The van der Waals surface area contributed by atoms with Crippen LogP contribution in [0.2, 0.25) is 0 Å². The molecule has 0 bridgehead atoms. The van der Waals surface area contributed by atoms with Gasteiger partial charge >= 0.3 is 5.97 Å². The van der Waals surface area contributed by atoms with Crippen molar-refractivity contribution in [2.45, 2.75) is 63.7 Å². The van der Waals surface area contributed by atoms with E-state index in [4.69, 9.17) is 28.2 Å². The largest absolute Gasteiger partial charge is 0.465 e. The van der Waals surface area contributed by atoms with Crippen molar-refractivity contribution in [1.82, 2.24) is 5.16 Å². The van der Waals surface area contributed by atoms with Gasteiger partial charge in [-0.2, -0.15) is 0 Å². The summed E-state index contributed by atoms with van der Waals surface area (Å²) in [5, 5.41) is 15.2. The number of esters is 1. The third-order valence-electron chi connectivity index (χ3n) is 5.29. The lowest BCUT2D eigenvalue weighted by molar-refractivity contribution is -0.178. The molecule has 2 saturated heterocycles. The molecule has 2 aromatic rings. The summed E-state index contributed by atoms with van der Waals surface area (Å²) >= 11 is 0. The van der Waals surface area contributed by atoms with Gasteiger partial charge in [-0.3, -0.25) is 0 Å². The lowest BCUT2D eigenvalue weighted by atomic mass is 9.97. The van der Waals surface area contributed by atoms with E-state index in [2.05, 4.69) is 5.16 Å². The van der Waals surface area contributed by atoms with Crippen LogP contribution in [0.15, 0.2) is 34.9 Å². The second kappa shape index (κ2) is 7.99. The molecule has 0 aliphatic carbocycles. The molecule has 1 N–H and O–H groups in total. The molecular formula is C22H27NO8. The number of benzene rings is 1. The Morgan fingerprint density at radius 1 is 1.13 bits per heavy atom. The van der Waals surface area contributed by atoms with Crippen molar-refractivity contribution in [3.05, 3.63) is 41.7 Å². The first-order valence-electron chi connectivity index (χ1n) is 10.1. The first-order chi connectivity index (χ1) is 14.6. The van der Waals surface area contributed by atoms with Crippen molar-refractivity contribution in [3.8, 4) is 11.3 Å². The van der Waals surface area contributed by atoms with E-state index in [0.29, 0.717) is 11.3 Å². The highest BCUT2D eigenvalue weighted by atomic mass is 16.8. The molecule has 31 heavy (non-hydrogen) atoms. The molecule has 2 aliphatic heterocycles. The van der Waals surface area contributed by atoms with Crippen molar-refractivity contribution in [2.75, 3.05) is 13.7 Å².